The molecule has 0 bridgehead atoms. The number of ether oxygens (including phenoxy) is 1. The molecule has 2 heterocycles. The van der Waals surface area contributed by atoms with Crippen molar-refractivity contribution in [2.75, 3.05) is 0 Å². The second-order valence-electron chi connectivity index (χ2n) is 6.54. The number of halogens is 1. The first-order valence-corrected chi connectivity index (χ1v) is 8.70. The lowest BCUT2D eigenvalue weighted by atomic mass is 9.77. The Kier molecular flexibility index (Phi) is 5.41. The quantitative estimate of drug-likeness (QED) is 0.678. The largest absolute Gasteiger partial charge is 0.489 e. The molecule has 7 heteroatoms. The number of aromatic hydroxyl groups is 1. The van der Waals surface area contributed by atoms with Crippen LogP contribution in [0.5, 0.6) is 11.8 Å². The van der Waals surface area contributed by atoms with Crippen LogP contribution in [0.15, 0.2) is 47.1 Å². The molecule has 27 heavy (non-hydrogen) atoms. The number of aromatic nitrogens is 2. The van der Waals surface area contributed by atoms with E-state index in [1.165, 1.54) is 17.3 Å². The van der Waals surface area contributed by atoms with E-state index in [1.54, 1.807) is 12.1 Å². The first-order valence-electron chi connectivity index (χ1n) is 8.70. The molecule has 0 unspecified atom stereocenters. The van der Waals surface area contributed by atoms with E-state index in [0.29, 0.717) is 17.4 Å². The Morgan fingerprint density at radius 3 is 2.48 bits per heavy atom. The fraction of sp³-hybridized carbons (Fsp3) is 0.300. The maximum absolute atomic E-state index is 13.6. The van der Waals surface area contributed by atoms with Crippen LogP contribution >= 0.6 is 0 Å². The van der Waals surface area contributed by atoms with Gasteiger partial charge >= 0.3 is 0 Å². The van der Waals surface area contributed by atoms with Gasteiger partial charge < -0.3 is 20.5 Å². The Bertz CT molecular complexity index is 888. The second kappa shape index (κ2) is 7.75. The highest BCUT2D eigenvalue weighted by Crippen LogP contribution is 2.39. The minimum Gasteiger partial charge on any atom is -0.489 e. The van der Waals surface area contributed by atoms with Crippen LogP contribution in [0.1, 0.15) is 36.8 Å². The average molecular weight is 371 g/mol. The van der Waals surface area contributed by atoms with Crippen LogP contribution in [-0.2, 0) is 6.42 Å². The number of aryl methyl sites for hydroxylation is 1. The van der Waals surface area contributed by atoms with Crippen LogP contribution in [0, 0.1) is 5.82 Å². The van der Waals surface area contributed by atoms with Gasteiger partial charge in [-0.2, -0.15) is 4.39 Å². The monoisotopic (exact) mass is 371 g/mol. The maximum atomic E-state index is 13.6. The van der Waals surface area contributed by atoms with Crippen LogP contribution < -0.4 is 10.9 Å². The summed E-state index contributed by atoms with van der Waals surface area (Å²) < 4.78 is 24.2. The van der Waals surface area contributed by atoms with Gasteiger partial charge in [-0.3, -0.25) is 0 Å². The maximum Gasteiger partial charge on any atom is 0.288 e. The highest BCUT2D eigenvalue weighted by Gasteiger charge is 2.32. The molecule has 1 saturated carbocycles. The van der Waals surface area contributed by atoms with E-state index in [9.17, 15) is 4.39 Å². The summed E-state index contributed by atoms with van der Waals surface area (Å²) in [4.78, 5) is 4.19. The van der Waals surface area contributed by atoms with Gasteiger partial charge in [-0.05, 0) is 47.5 Å². The molecule has 1 aliphatic rings. The van der Waals surface area contributed by atoms with Crippen molar-refractivity contribution in [3.63, 3.8) is 0 Å². The topological polar surface area (TPSA) is 103 Å². The van der Waals surface area contributed by atoms with Gasteiger partial charge in [-0.25, -0.2) is 4.98 Å². The first-order chi connectivity index (χ1) is 12.6. The van der Waals surface area contributed by atoms with Gasteiger partial charge in [0.25, 0.3) is 5.88 Å². The van der Waals surface area contributed by atoms with E-state index in [2.05, 4.69) is 41.3 Å². The average Bonchev–Trinajstić information content (AvgIpc) is 2.98. The van der Waals surface area contributed by atoms with Crippen molar-refractivity contribution in [2.45, 2.75) is 38.2 Å². The summed E-state index contributed by atoms with van der Waals surface area (Å²) in [6.45, 7) is 2.15. The molecule has 3 aromatic rings. The predicted octanol–water partition coefficient (Wildman–Crippen LogP) is 4.63. The normalized spacial score (nSPS) is 18.4. The number of pyridine rings is 1. The van der Waals surface area contributed by atoms with Crippen LogP contribution in [0.3, 0.4) is 0 Å². The van der Waals surface area contributed by atoms with Gasteiger partial charge in [0.1, 0.15) is 6.10 Å². The lowest BCUT2D eigenvalue weighted by Gasteiger charge is -2.35. The van der Waals surface area contributed by atoms with E-state index >= 15 is 0 Å². The highest BCUT2D eigenvalue weighted by atomic mass is 19.1. The predicted molar refractivity (Wildman–Crippen MR) is 98.6 cm³/mol. The third-order valence-corrected chi connectivity index (χ3v) is 4.86. The van der Waals surface area contributed by atoms with Gasteiger partial charge in [0, 0.05) is 17.8 Å². The zero-order valence-corrected chi connectivity index (χ0v) is 15.1. The molecule has 1 aromatic carbocycles. The summed E-state index contributed by atoms with van der Waals surface area (Å²) >= 11 is 0. The molecule has 4 N–H and O–H groups in total. The second-order valence-corrected chi connectivity index (χ2v) is 6.54. The summed E-state index contributed by atoms with van der Waals surface area (Å²) in [5.41, 5.74) is 3.10. The van der Waals surface area contributed by atoms with Crippen molar-refractivity contribution in [1.82, 2.24) is 16.3 Å². The SMILES string of the molecule is CCc1ccc(C2CC(Oc3ccc(-c4onc(O)c4F)cn3)C2)cc1.N. The number of rotatable bonds is 5. The van der Waals surface area contributed by atoms with E-state index < -0.39 is 11.7 Å². The van der Waals surface area contributed by atoms with Crippen molar-refractivity contribution in [1.29, 1.82) is 0 Å². The minimum absolute atomic E-state index is 0. The van der Waals surface area contributed by atoms with Crippen molar-refractivity contribution >= 4 is 0 Å². The Morgan fingerprint density at radius 2 is 1.93 bits per heavy atom. The Hall–Kier alpha value is -2.93. The van der Waals surface area contributed by atoms with E-state index in [-0.39, 0.29) is 18.0 Å². The molecule has 0 spiro atoms. The van der Waals surface area contributed by atoms with Gasteiger partial charge in [-0.1, -0.05) is 31.2 Å². The van der Waals surface area contributed by atoms with Gasteiger partial charge in [-0.15, -0.1) is 0 Å². The Morgan fingerprint density at radius 1 is 1.19 bits per heavy atom. The summed E-state index contributed by atoms with van der Waals surface area (Å²) in [6, 6.07) is 12.1. The summed E-state index contributed by atoms with van der Waals surface area (Å²) in [6.07, 6.45) is 4.54. The van der Waals surface area contributed by atoms with Crippen LogP contribution in [0.25, 0.3) is 11.3 Å². The molecule has 142 valence electrons. The molecule has 0 saturated heterocycles. The lowest BCUT2D eigenvalue weighted by Crippen LogP contribution is -2.32. The molecule has 0 aliphatic heterocycles. The summed E-state index contributed by atoms with van der Waals surface area (Å²) in [7, 11) is 0. The molecular formula is C20H22FN3O3. The fourth-order valence-electron chi connectivity index (χ4n) is 3.16. The van der Waals surface area contributed by atoms with Gasteiger partial charge in [0.15, 0.2) is 0 Å². The van der Waals surface area contributed by atoms with Crippen molar-refractivity contribution < 1.29 is 18.8 Å². The van der Waals surface area contributed by atoms with Gasteiger partial charge in [0.2, 0.25) is 17.5 Å². The zero-order valence-electron chi connectivity index (χ0n) is 15.1. The van der Waals surface area contributed by atoms with Crippen LogP contribution in [0.2, 0.25) is 0 Å². The molecule has 2 aromatic heterocycles. The number of hydrogen-bond donors (Lipinski definition) is 2. The van der Waals surface area contributed by atoms with Gasteiger partial charge in [0.05, 0.1) is 0 Å². The summed E-state index contributed by atoms with van der Waals surface area (Å²) in [5, 5.41) is 12.3. The third-order valence-electron chi connectivity index (χ3n) is 4.86. The van der Waals surface area contributed by atoms with Crippen molar-refractivity contribution in [2.24, 2.45) is 0 Å². The molecular weight excluding hydrogens is 349 g/mol. The van der Waals surface area contributed by atoms with Crippen LogP contribution in [-0.4, -0.2) is 21.4 Å². The van der Waals surface area contributed by atoms with Crippen molar-refractivity contribution in [3.8, 4) is 23.1 Å². The first kappa shape index (κ1) is 18.8. The number of hydrogen-bond acceptors (Lipinski definition) is 6. The molecule has 0 radical (unpaired) electrons. The molecule has 6 nitrogen and oxygen atoms in total. The molecule has 0 atom stereocenters. The zero-order chi connectivity index (χ0) is 18.1. The molecule has 0 amide bonds. The molecule has 1 aliphatic carbocycles. The fourth-order valence-corrected chi connectivity index (χ4v) is 3.16. The standard InChI is InChI=1S/C20H19FN2O3.H3N/c1-2-12-3-5-13(6-4-12)15-9-16(10-15)25-17-8-7-14(11-22-17)19-18(21)20(24)23-26-19;/h3-8,11,15-16H,2,9-10H2,1H3,(H,23,24);1H3. The molecule has 4 rings (SSSR count). The summed E-state index contributed by atoms with van der Waals surface area (Å²) in [5.74, 6) is -0.774. The molecule has 1 fully saturated rings. The highest BCUT2D eigenvalue weighted by molar-refractivity contribution is 5.58. The van der Waals surface area contributed by atoms with Crippen molar-refractivity contribution in [3.05, 3.63) is 59.5 Å². The minimum atomic E-state index is -0.892. The van der Waals surface area contributed by atoms with E-state index in [0.717, 1.165) is 19.3 Å². The van der Waals surface area contributed by atoms with E-state index in [4.69, 9.17) is 14.4 Å². The number of benzene rings is 1. The smallest absolute Gasteiger partial charge is 0.288 e. The third kappa shape index (κ3) is 3.78. The lowest BCUT2D eigenvalue weighted by molar-refractivity contribution is 0.0936. The Labute approximate surface area is 156 Å². The Balaban J connectivity index is 0.00000210. The number of nitrogens with zero attached hydrogens (tertiary/aromatic N) is 2. The van der Waals surface area contributed by atoms with E-state index in [1.807, 2.05) is 0 Å². The van der Waals surface area contributed by atoms with Crippen LogP contribution in [0.4, 0.5) is 4.39 Å².